The van der Waals surface area contributed by atoms with Gasteiger partial charge in [0.1, 0.15) is 5.82 Å². The van der Waals surface area contributed by atoms with Crippen LogP contribution < -0.4 is 10.1 Å². The van der Waals surface area contributed by atoms with E-state index in [1.54, 1.807) is 18.3 Å². The fourth-order valence-corrected chi connectivity index (χ4v) is 1.67. The van der Waals surface area contributed by atoms with Gasteiger partial charge in [0.15, 0.2) is 0 Å². The van der Waals surface area contributed by atoms with Gasteiger partial charge in [0.05, 0.1) is 6.10 Å². The lowest BCUT2D eigenvalue weighted by Gasteiger charge is -2.11. The molecular formula is C15H21N5O2. The second kappa shape index (κ2) is 7.02. The second-order valence-electron chi connectivity index (χ2n) is 5.37. The molecule has 0 spiro atoms. The summed E-state index contributed by atoms with van der Waals surface area (Å²) in [6.45, 7) is 7.97. The van der Waals surface area contributed by atoms with Crippen molar-refractivity contribution >= 4 is 11.9 Å². The minimum Gasteiger partial charge on any atom is -0.475 e. The lowest BCUT2D eigenvalue weighted by atomic mass is 10.2. The molecule has 2 rings (SSSR count). The summed E-state index contributed by atoms with van der Waals surface area (Å²) < 4.78 is 5.61. The van der Waals surface area contributed by atoms with Crippen LogP contribution in [-0.4, -0.2) is 32.2 Å². The molecule has 1 amide bonds. The third kappa shape index (κ3) is 4.03. The molecular weight excluding hydrogens is 282 g/mol. The number of carbonyl (C=O) groups is 1. The van der Waals surface area contributed by atoms with Crippen LogP contribution in [0.25, 0.3) is 0 Å². The van der Waals surface area contributed by atoms with E-state index >= 15 is 0 Å². The van der Waals surface area contributed by atoms with E-state index in [9.17, 15) is 4.79 Å². The quantitative estimate of drug-likeness (QED) is 0.856. The van der Waals surface area contributed by atoms with Gasteiger partial charge in [-0.2, -0.15) is 4.98 Å². The van der Waals surface area contributed by atoms with Crippen molar-refractivity contribution in [2.45, 2.75) is 46.1 Å². The number of nitrogens with zero attached hydrogens (tertiary/aromatic N) is 3. The molecule has 0 fully saturated rings. The Kier molecular flexibility index (Phi) is 5.08. The molecule has 118 valence electrons. The molecule has 0 aromatic carbocycles. The SMILES string of the molecule is CCC(C)Oc1cc(C(=O)Nc2n[nH]c(C(C)C)n2)ccn1. The zero-order chi connectivity index (χ0) is 16.1. The zero-order valence-corrected chi connectivity index (χ0v) is 13.3. The van der Waals surface area contributed by atoms with Gasteiger partial charge < -0.3 is 4.74 Å². The molecule has 7 heteroatoms. The summed E-state index contributed by atoms with van der Waals surface area (Å²) in [7, 11) is 0. The summed E-state index contributed by atoms with van der Waals surface area (Å²) in [6.07, 6.45) is 2.46. The van der Waals surface area contributed by atoms with Crippen molar-refractivity contribution in [3.05, 3.63) is 29.7 Å². The van der Waals surface area contributed by atoms with Crippen molar-refractivity contribution < 1.29 is 9.53 Å². The molecule has 1 unspecified atom stereocenters. The van der Waals surface area contributed by atoms with Crippen molar-refractivity contribution in [3.63, 3.8) is 0 Å². The third-order valence-corrected chi connectivity index (χ3v) is 3.17. The van der Waals surface area contributed by atoms with Gasteiger partial charge in [-0.1, -0.05) is 20.8 Å². The van der Waals surface area contributed by atoms with Crippen LogP contribution in [0.2, 0.25) is 0 Å². The number of amides is 1. The van der Waals surface area contributed by atoms with E-state index in [1.165, 1.54) is 0 Å². The average molecular weight is 303 g/mol. The Morgan fingerprint density at radius 2 is 2.18 bits per heavy atom. The van der Waals surface area contributed by atoms with Crippen LogP contribution in [0.1, 0.15) is 56.2 Å². The fraction of sp³-hybridized carbons (Fsp3) is 0.467. The molecule has 0 bridgehead atoms. The van der Waals surface area contributed by atoms with Crippen LogP contribution in [0.5, 0.6) is 5.88 Å². The molecule has 2 aromatic heterocycles. The van der Waals surface area contributed by atoms with E-state index in [-0.39, 0.29) is 23.9 Å². The molecule has 22 heavy (non-hydrogen) atoms. The predicted octanol–water partition coefficient (Wildman–Crippen LogP) is 2.75. The molecule has 0 saturated heterocycles. The normalized spacial score (nSPS) is 12.2. The van der Waals surface area contributed by atoms with Crippen LogP contribution in [0.15, 0.2) is 18.3 Å². The summed E-state index contributed by atoms with van der Waals surface area (Å²) in [4.78, 5) is 20.5. The van der Waals surface area contributed by atoms with Gasteiger partial charge in [-0.15, -0.1) is 5.10 Å². The number of H-pyrrole nitrogens is 1. The summed E-state index contributed by atoms with van der Waals surface area (Å²) in [5.41, 5.74) is 0.448. The smallest absolute Gasteiger partial charge is 0.258 e. The van der Waals surface area contributed by atoms with Gasteiger partial charge in [0.2, 0.25) is 11.8 Å². The highest BCUT2D eigenvalue weighted by Gasteiger charge is 2.13. The molecule has 0 radical (unpaired) electrons. The van der Waals surface area contributed by atoms with Crippen LogP contribution in [0.3, 0.4) is 0 Å². The number of hydrogen-bond donors (Lipinski definition) is 2. The third-order valence-electron chi connectivity index (χ3n) is 3.17. The Morgan fingerprint density at radius 1 is 1.41 bits per heavy atom. The Morgan fingerprint density at radius 3 is 2.82 bits per heavy atom. The first-order valence-corrected chi connectivity index (χ1v) is 7.36. The summed E-state index contributed by atoms with van der Waals surface area (Å²) in [5, 5.41) is 9.42. The Bertz CT molecular complexity index is 638. The zero-order valence-electron chi connectivity index (χ0n) is 13.3. The maximum absolute atomic E-state index is 12.2. The van der Waals surface area contributed by atoms with E-state index in [1.807, 2.05) is 27.7 Å². The van der Waals surface area contributed by atoms with E-state index in [2.05, 4.69) is 25.5 Å². The maximum Gasteiger partial charge on any atom is 0.258 e. The van der Waals surface area contributed by atoms with Gasteiger partial charge in [-0.3, -0.25) is 15.2 Å². The fourth-order valence-electron chi connectivity index (χ4n) is 1.67. The monoisotopic (exact) mass is 303 g/mol. The maximum atomic E-state index is 12.2. The number of hydrogen-bond acceptors (Lipinski definition) is 5. The van der Waals surface area contributed by atoms with Crippen LogP contribution >= 0.6 is 0 Å². The van der Waals surface area contributed by atoms with Gasteiger partial charge >= 0.3 is 0 Å². The van der Waals surface area contributed by atoms with Gasteiger partial charge in [0.25, 0.3) is 5.91 Å². The highest BCUT2D eigenvalue weighted by molar-refractivity contribution is 6.03. The molecule has 7 nitrogen and oxygen atoms in total. The van der Waals surface area contributed by atoms with Crippen molar-refractivity contribution in [2.24, 2.45) is 0 Å². The number of nitrogens with one attached hydrogen (secondary N) is 2. The molecule has 2 heterocycles. The molecule has 0 aliphatic rings. The minimum absolute atomic E-state index is 0.0485. The van der Waals surface area contributed by atoms with E-state index < -0.39 is 0 Å². The molecule has 0 aliphatic heterocycles. The van der Waals surface area contributed by atoms with Crippen LogP contribution in [0, 0.1) is 0 Å². The Labute approximate surface area is 129 Å². The summed E-state index contributed by atoms with van der Waals surface area (Å²) >= 11 is 0. The highest BCUT2D eigenvalue weighted by Crippen LogP contribution is 2.14. The summed E-state index contributed by atoms with van der Waals surface area (Å²) in [5.74, 6) is 1.33. The number of rotatable bonds is 6. The number of ether oxygens (including phenoxy) is 1. The largest absolute Gasteiger partial charge is 0.475 e. The summed E-state index contributed by atoms with van der Waals surface area (Å²) in [6, 6.07) is 3.23. The van der Waals surface area contributed by atoms with Crippen molar-refractivity contribution in [3.8, 4) is 5.88 Å². The number of pyridine rings is 1. The van der Waals surface area contributed by atoms with E-state index in [0.29, 0.717) is 11.4 Å². The number of aromatic amines is 1. The molecule has 1 atom stereocenters. The van der Waals surface area contributed by atoms with Crippen molar-refractivity contribution in [1.82, 2.24) is 20.2 Å². The van der Waals surface area contributed by atoms with Crippen molar-refractivity contribution in [1.29, 1.82) is 0 Å². The molecule has 0 saturated carbocycles. The lowest BCUT2D eigenvalue weighted by Crippen LogP contribution is -2.15. The van der Waals surface area contributed by atoms with Gasteiger partial charge in [0, 0.05) is 23.7 Å². The standard InChI is InChI=1S/C15H21N5O2/c1-5-10(4)22-12-8-11(6-7-16-12)14(21)18-15-17-13(9(2)3)19-20-15/h6-10H,5H2,1-4H3,(H2,17,18,19,20,21). The van der Waals surface area contributed by atoms with Crippen LogP contribution in [0.4, 0.5) is 5.95 Å². The van der Waals surface area contributed by atoms with E-state index in [0.717, 1.165) is 12.2 Å². The Hall–Kier alpha value is -2.44. The number of anilines is 1. The highest BCUT2D eigenvalue weighted by atomic mass is 16.5. The first-order valence-electron chi connectivity index (χ1n) is 7.36. The molecule has 0 aliphatic carbocycles. The predicted molar refractivity (Wildman–Crippen MR) is 83.0 cm³/mol. The number of carbonyl (C=O) groups excluding carboxylic acids is 1. The number of aromatic nitrogens is 4. The second-order valence-corrected chi connectivity index (χ2v) is 5.37. The lowest BCUT2D eigenvalue weighted by molar-refractivity contribution is 0.102. The molecule has 2 aromatic rings. The average Bonchev–Trinajstić information content (AvgIpc) is 2.96. The van der Waals surface area contributed by atoms with Gasteiger partial charge in [-0.05, 0) is 19.4 Å². The minimum atomic E-state index is -0.300. The molecule has 2 N–H and O–H groups in total. The van der Waals surface area contributed by atoms with Crippen LogP contribution in [-0.2, 0) is 0 Å². The Balaban J connectivity index is 2.07. The first-order chi connectivity index (χ1) is 10.5. The van der Waals surface area contributed by atoms with E-state index in [4.69, 9.17) is 4.74 Å². The first kappa shape index (κ1) is 15.9. The van der Waals surface area contributed by atoms with Gasteiger partial charge in [-0.25, -0.2) is 4.98 Å². The topological polar surface area (TPSA) is 92.8 Å². The van der Waals surface area contributed by atoms with Crippen molar-refractivity contribution in [2.75, 3.05) is 5.32 Å².